The normalized spacial score (nSPS) is 36.6. The van der Waals surface area contributed by atoms with Crippen molar-refractivity contribution in [1.82, 2.24) is 14.7 Å². The van der Waals surface area contributed by atoms with Gasteiger partial charge in [-0.2, -0.15) is 0 Å². The van der Waals surface area contributed by atoms with E-state index in [0.717, 1.165) is 41.7 Å². The molecular formula is C23H45N3. The van der Waals surface area contributed by atoms with Gasteiger partial charge in [-0.25, -0.2) is 0 Å². The SMILES string of the molecule is CC(CC1CC(C(C)C)CN1C)CN1CCC(CC(C)C2CCN2C)C1. The topological polar surface area (TPSA) is 9.72 Å². The molecule has 3 saturated heterocycles. The molecule has 0 spiro atoms. The summed E-state index contributed by atoms with van der Waals surface area (Å²) in [5.41, 5.74) is 0. The Morgan fingerprint density at radius 3 is 2.23 bits per heavy atom. The van der Waals surface area contributed by atoms with Crippen LogP contribution in [0.3, 0.4) is 0 Å². The van der Waals surface area contributed by atoms with Gasteiger partial charge in [-0.1, -0.05) is 27.7 Å². The lowest BCUT2D eigenvalue weighted by molar-refractivity contribution is 0.0690. The molecule has 0 N–H and O–H groups in total. The van der Waals surface area contributed by atoms with Gasteiger partial charge in [0.15, 0.2) is 0 Å². The molecule has 152 valence electrons. The standard InChI is InChI=1S/C23H45N3/c1-17(2)21-13-22(25(6)16-21)11-18(3)14-26-10-7-20(15-26)12-19(4)23-8-9-24(23)5/h17-23H,7-16H2,1-6H3. The summed E-state index contributed by atoms with van der Waals surface area (Å²) in [6.07, 6.45) is 7.13. The lowest BCUT2D eigenvalue weighted by Gasteiger charge is -2.42. The lowest BCUT2D eigenvalue weighted by Crippen LogP contribution is -2.48. The molecule has 0 saturated carbocycles. The van der Waals surface area contributed by atoms with E-state index in [2.05, 4.69) is 56.5 Å². The molecule has 0 radical (unpaired) electrons. The Hall–Kier alpha value is -0.120. The Balaban J connectivity index is 1.37. The molecule has 6 unspecified atom stereocenters. The molecule has 0 aliphatic carbocycles. The van der Waals surface area contributed by atoms with Crippen molar-refractivity contribution in [3.63, 3.8) is 0 Å². The van der Waals surface area contributed by atoms with Crippen LogP contribution in [0.1, 0.15) is 59.8 Å². The summed E-state index contributed by atoms with van der Waals surface area (Å²) in [7, 11) is 4.65. The smallest absolute Gasteiger partial charge is 0.0130 e. The zero-order valence-electron chi connectivity index (χ0n) is 18.5. The first kappa shape index (κ1) is 20.6. The van der Waals surface area contributed by atoms with E-state index in [-0.39, 0.29) is 0 Å². The maximum absolute atomic E-state index is 2.78. The van der Waals surface area contributed by atoms with E-state index in [9.17, 15) is 0 Å². The highest BCUT2D eigenvalue weighted by molar-refractivity contribution is 4.89. The lowest BCUT2D eigenvalue weighted by atomic mass is 9.84. The van der Waals surface area contributed by atoms with E-state index >= 15 is 0 Å². The van der Waals surface area contributed by atoms with Gasteiger partial charge >= 0.3 is 0 Å². The van der Waals surface area contributed by atoms with Gasteiger partial charge in [-0.05, 0) is 88.9 Å². The van der Waals surface area contributed by atoms with E-state index < -0.39 is 0 Å². The molecule has 0 aromatic heterocycles. The Morgan fingerprint density at radius 2 is 1.65 bits per heavy atom. The summed E-state index contributed by atoms with van der Waals surface area (Å²) < 4.78 is 0. The minimum Gasteiger partial charge on any atom is -0.303 e. The van der Waals surface area contributed by atoms with Crippen molar-refractivity contribution in [3.05, 3.63) is 0 Å². The Bertz CT molecular complexity index is 437. The van der Waals surface area contributed by atoms with Gasteiger partial charge in [0, 0.05) is 31.7 Å². The van der Waals surface area contributed by atoms with Crippen LogP contribution in [-0.4, -0.2) is 73.6 Å². The van der Waals surface area contributed by atoms with E-state index in [0.29, 0.717) is 0 Å². The fourth-order valence-corrected chi connectivity index (χ4v) is 6.07. The third-order valence-corrected chi connectivity index (χ3v) is 7.98. The summed E-state index contributed by atoms with van der Waals surface area (Å²) in [4.78, 5) is 7.98. The van der Waals surface area contributed by atoms with Gasteiger partial charge in [0.05, 0.1) is 0 Å². The molecule has 3 fully saturated rings. The molecule has 0 aromatic carbocycles. The minimum absolute atomic E-state index is 0.824. The number of hydrogen-bond acceptors (Lipinski definition) is 3. The van der Waals surface area contributed by atoms with Crippen molar-refractivity contribution in [2.45, 2.75) is 71.9 Å². The highest BCUT2D eigenvalue weighted by atomic mass is 15.2. The van der Waals surface area contributed by atoms with Gasteiger partial charge in [0.1, 0.15) is 0 Å². The number of rotatable bonds is 8. The molecule has 26 heavy (non-hydrogen) atoms. The van der Waals surface area contributed by atoms with Crippen molar-refractivity contribution < 1.29 is 0 Å². The van der Waals surface area contributed by atoms with E-state index in [4.69, 9.17) is 0 Å². The molecule has 3 aliphatic rings. The van der Waals surface area contributed by atoms with Gasteiger partial charge in [0.25, 0.3) is 0 Å². The summed E-state index contributed by atoms with van der Waals surface area (Å²) in [6, 6.07) is 1.69. The predicted molar refractivity (Wildman–Crippen MR) is 113 cm³/mol. The molecule has 0 bridgehead atoms. The van der Waals surface area contributed by atoms with Crippen LogP contribution >= 0.6 is 0 Å². The monoisotopic (exact) mass is 363 g/mol. The number of nitrogens with zero attached hydrogens (tertiary/aromatic N) is 3. The predicted octanol–water partition coefficient (Wildman–Crippen LogP) is 4.04. The zero-order valence-corrected chi connectivity index (χ0v) is 18.5. The first-order valence-electron chi connectivity index (χ1n) is 11.5. The summed E-state index contributed by atoms with van der Waals surface area (Å²) in [5.74, 6) is 4.43. The maximum Gasteiger partial charge on any atom is 0.0130 e. The van der Waals surface area contributed by atoms with Crippen LogP contribution in [0.4, 0.5) is 0 Å². The molecule has 0 amide bonds. The van der Waals surface area contributed by atoms with Crippen LogP contribution in [0.15, 0.2) is 0 Å². The molecular weight excluding hydrogens is 318 g/mol. The molecule has 3 rings (SSSR count). The Morgan fingerprint density at radius 1 is 0.885 bits per heavy atom. The Kier molecular flexibility index (Phi) is 7.07. The second-order valence-corrected chi connectivity index (χ2v) is 10.6. The maximum atomic E-state index is 2.78. The van der Waals surface area contributed by atoms with Gasteiger partial charge < -0.3 is 14.7 Å². The average Bonchev–Trinajstić information content (AvgIpc) is 3.13. The van der Waals surface area contributed by atoms with Gasteiger partial charge in [-0.15, -0.1) is 0 Å². The van der Waals surface area contributed by atoms with Crippen LogP contribution in [0.5, 0.6) is 0 Å². The average molecular weight is 364 g/mol. The van der Waals surface area contributed by atoms with Crippen LogP contribution in [0.25, 0.3) is 0 Å². The van der Waals surface area contributed by atoms with Crippen molar-refractivity contribution in [1.29, 1.82) is 0 Å². The first-order chi connectivity index (χ1) is 12.3. The van der Waals surface area contributed by atoms with Crippen LogP contribution in [-0.2, 0) is 0 Å². The van der Waals surface area contributed by atoms with E-state index in [1.165, 1.54) is 64.8 Å². The first-order valence-corrected chi connectivity index (χ1v) is 11.5. The van der Waals surface area contributed by atoms with Crippen LogP contribution in [0.2, 0.25) is 0 Å². The quantitative estimate of drug-likeness (QED) is 0.644. The molecule has 6 atom stereocenters. The molecule has 3 nitrogen and oxygen atoms in total. The number of likely N-dealkylation sites (tertiary alicyclic amines) is 3. The van der Waals surface area contributed by atoms with Crippen molar-refractivity contribution in [2.24, 2.45) is 29.6 Å². The fraction of sp³-hybridized carbons (Fsp3) is 1.00. The second kappa shape index (κ2) is 8.92. The number of hydrogen-bond donors (Lipinski definition) is 0. The fourth-order valence-electron chi connectivity index (χ4n) is 6.07. The molecule has 3 heterocycles. The van der Waals surface area contributed by atoms with Crippen LogP contribution in [0, 0.1) is 29.6 Å². The molecule has 3 aliphatic heterocycles. The summed E-state index contributed by atoms with van der Waals surface area (Å²) >= 11 is 0. The third-order valence-electron chi connectivity index (χ3n) is 7.98. The van der Waals surface area contributed by atoms with Gasteiger partial charge in [0.2, 0.25) is 0 Å². The summed E-state index contributed by atoms with van der Waals surface area (Å²) in [5, 5.41) is 0. The third kappa shape index (κ3) is 5.02. The summed E-state index contributed by atoms with van der Waals surface area (Å²) in [6.45, 7) is 16.4. The largest absolute Gasteiger partial charge is 0.303 e. The van der Waals surface area contributed by atoms with Crippen molar-refractivity contribution in [3.8, 4) is 0 Å². The highest BCUT2D eigenvalue weighted by Crippen LogP contribution is 2.33. The van der Waals surface area contributed by atoms with E-state index in [1.807, 2.05) is 0 Å². The van der Waals surface area contributed by atoms with E-state index in [1.54, 1.807) is 0 Å². The van der Waals surface area contributed by atoms with Gasteiger partial charge in [-0.3, -0.25) is 0 Å². The van der Waals surface area contributed by atoms with Crippen LogP contribution < -0.4 is 0 Å². The zero-order chi connectivity index (χ0) is 18.8. The second-order valence-electron chi connectivity index (χ2n) is 10.6. The molecule has 0 aromatic rings. The van der Waals surface area contributed by atoms with Crippen molar-refractivity contribution in [2.75, 3.05) is 46.8 Å². The van der Waals surface area contributed by atoms with Crippen molar-refractivity contribution >= 4 is 0 Å². The minimum atomic E-state index is 0.824. The Labute approximate surface area is 163 Å². The molecule has 3 heteroatoms. The highest BCUT2D eigenvalue weighted by Gasteiger charge is 2.34.